The summed E-state index contributed by atoms with van der Waals surface area (Å²) >= 11 is 5.92. The Balaban J connectivity index is 1.65. The van der Waals surface area contributed by atoms with Crippen molar-refractivity contribution in [2.75, 3.05) is 0 Å². The van der Waals surface area contributed by atoms with Crippen molar-refractivity contribution in [1.82, 2.24) is 14.8 Å². The second kappa shape index (κ2) is 7.17. The van der Waals surface area contributed by atoms with Crippen molar-refractivity contribution in [3.8, 4) is 5.75 Å². The quantitative estimate of drug-likeness (QED) is 0.656. The van der Waals surface area contributed by atoms with E-state index in [0.717, 1.165) is 22.6 Å². The number of hydrogen-bond acceptors (Lipinski definition) is 5. The van der Waals surface area contributed by atoms with Gasteiger partial charge in [0, 0.05) is 10.6 Å². The van der Waals surface area contributed by atoms with Crippen LogP contribution in [0.1, 0.15) is 24.1 Å². The zero-order chi connectivity index (χ0) is 17.9. The molecule has 6 nitrogen and oxygen atoms in total. The van der Waals surface area contributed by atoms with E-state index in [9.17, 15) is 0 Å². The number of fused-ring (bicyclic) bond motifs is 1. The van der Waals surface area contributed by atoms with Crippen molar-refractivity contribution in [2.24, 2.45) is 5.16 Å². The molecule has 132 valence electrons. The van der Waals surface area contributed by atoms with Crippen LogP contribution in [0.5, 0.6) is 5.75 Å². The van der Waals surface area contributed by atoms with Crippen LogP contribution < -0.4 is 4.74 Å². The summed E-state index contributed by atoms with van der Waals surface area (Å²) in [5.74, 6) is 0.783. The van der Waals surface area contributed by atoms with Gasteiger partial charge in [0.15, 0.2) is 0 Å². The molecule has 0 fully saturated rings. The molecule has 7 heteroatoms. The van der Waals surface area contributed by atoms with E-state index in [0.29, 0.717) is 11.6 Å². The van der Waals surface area contributed by atoms with Crippen molar-refractivity contribution < 1.29 is 9.57 Å². The van der Waals surface area contributed by atoms with Crippen molar-refractivity contribution in [3.63, 3.8) is 0 Å². The van der Waals surface area contributed by atoms with E-state index in [1.165, 1.54) is 6.33 Å². The molecule has 0 saturated carbocycles. The minimum atomic E-state index is -0.224. The zero-order valence-electron chi connectivity index (χ0n) is 14.1. The SMILES string of the molecule is C[C@@H]1Oc2ccccc2/C(=N/OCc2ccc(Cl)cc2)[C@@H]1n1cncn1. The lowest BCUT2D eigenvalue weighted by Crippen LogP contribution is -2.38. The average Bonchev–Trinajstić information content (AvgIpc) is 3.17. The fourth-order valence-electron chi connectivity index (χ4n) is 2.99. The summed E-state index contributed by atoms with van der Waals surface area (Å²) in [7, 11) is 0. The van der Waals surface area contributed by atoms with E-state index in [2.05, 4.69) is 15.2 Å². The molecule has 0 aliphatic carbocycles. The summed E-state index contributed by atoms with van der Waals surface area (Å²) in [5.41, 5.74) is 2.64. The van der Waals surface area contributed by atoms with Gasteiger partial charge >= 0.3 is 0 Å². The standard InChI is InChI=1S/C19H17ClN4O2/c1-13-19(24-12-21-11-22-24)18(16-4-2-3-5-17(16)26-13)23-25-10-14-6-8-15(20)9-7-14/h2-9,11-13,19H,10H2,1H3/b23-18-/t13-,19+/m0/s1. The van der Waals surface area contributed by atoms with Crippen LogP contribution in [-0.4, -0.2) is 26.6 Å². The molecule has 0 radical (unpaired) electrons. The van der Waals surface area contributed by atoms with Crippen molar-refractivity contribution >= 4 is 17.3 Å². The summed E-state index contributed by atoms with van der Waals surface area (Å²) in [4.78, 5) is 9.71. The normalized spacial score (nSPS) is 20.5. The maximum absolute atomic E-state index is 6.04. The number of halogens is 1. The fourth-order valence-corrected chi connectivity index (χ4v) is 3.11. The Kier molecular flexibility index (Phi) is 4.58. The Morgan fingerprint density at radius 3 is 2.77 bits per heavy atom. The molecule has 0 saturated heterocycles. The summed E-state index contributed by atoms with van der Waals surface area (Å²) in [5, 5.41) is 9.40. The minimum absolute atomic E-state index is 0.163. The van der Waals surface area contributed by atoms with Crippen LogP contribution >= 0.6 is 11.6 Å². The highest BCUT2D eigenvalue weighted by atomic mass is 35.5. The Bertz CT molecular complexity index is 910. The molecule has 1 aliphatic rings. The van der Waals surface area contributed by atoms with E-state index in [1.807, 2.05) is 55.5 Å². The smallest absolute Gasteiger partial charge is 0.142 e. The topological polar surface area (TPSA) is 61.5 Å². The third kappa shape index (κ3) is 3.28. The molecule has 1 aliphatic heterocycles. The monoisotopic (exact) mass is 368 g/mol. The van der Waals surface area contributed by atoms with Gasteiger partial charge in [0.25, 0.3) is 0 Å². The molecule has 0 bridgehead atoms. The third-order valence-corrected chi connectivity index (χ3v) is 4.48. The summed E-state index contributed by atoms with van der Waals surface area (Å²) in [6, 6.07) is 15.1. The molecule has 2 heterocycles. The van der Waals surface area contributed by atoms with E-state index < -0.39 is 0 Å². The van der Waals surface area contributed by atoms with Gasteiger partial charge in [-0.25, -0.2) is 9.67 Å². The molecule has 0 amide bonds. The Hall–Kier alpha value is -2.86. The molecule has 0 unspecified atom stereocenters. The first kappa shape index (κ1) is 16.6. The molecule has 26 heavy (non-hydrogen) atoms. The van der Waals surface area contributed by atoms with Gasteiger partial charge in [-0.05, 0) is 36.8 Å². The first-order valence-corrected chi connectivity index (χ1v) is 8.64. The van der Waals surface area contributed by atoms with Crippen LogP contribution in [0.25, 0.3) is 0 Å². The molecular weight excluding hydrogens is 352 g/mol. The van der Waals surface area contributed by atoms with E-state index >= 15 is 0 Å². The van der Waals surface area contributed by atoms with Gasteiger partial charge in [0.05, 0.1) is 0 Å². The highest BCUT2D eigenvalue weighted by Crippen LogP contribution is 2.33. The molecule has 2 aromatic carbocycles. The molecule has 0 spiro atoms. The third-order valence-electron chi connectivity index (χ3n) is 4.23. The van der Waals surface area contributed by atoms with E-state index in [-0.39, 0.29) is 12.1 Å². The molecule has 0 N–H and O–H groups in total. The highest BCUT2D eigenvalue weighted by molar-refractivity contribution is 6.30. The Morgan fingerprint density at radius 2 is 2.00 bits per heavy atom. The van der Waals surface area contributed by atoms with Crippen LogP contribution in [-0.2, 0) is 11.4 Å². The van der Waals surface area contributed by atoms with Crippen LogP contribution in [0.3, 0.4) is 0 Å². The maximum atomic E-state index is 6.04. The second-order valence-electron chi connectivity index (χ2n) is 6.02. The lowest BCUT2D eigenvalue weighted by Gasteiger charge is -2.32. The summed E-state index contributed by atoms with van der Waals surface area (Å²) in [6.45, 7) is 2.33. The number of para-hydroxylation sites is 1. The average molecular weight is 369 g/mol. The van der Waals surface area contributed by atoms with Crippen molar-refractivity contribution in [3.05, 3.63) is 77.3 Å². The minimum Gasteiger partial charge on any atom is -0.487 e. The second-order valence-corrected chi connectivity index (χ2v) is 6.45. The molecule has 1 aromatic heterocycles. The van der Waals surface area contributed by atoms with E-state index in [1.54, 1.807) is 11.0 Å². The molecule has 2 atom stereocenters. The lowest BCUT2D eigenvalue weighted by atomic mass is 9.95. The number of ether oxygens (including phenoxy) is 1. The van der Waals surface area contributed by atoms with Crippen LogP contribution in [0.15, 0.2) is 66.3 Å². The van der Waals surface area contributed by atoms with Gasteiger partial charge in [-0.1, -0.05) is 41.0 Å². The number of oxime groups is 1. The molecule has 3 aromatic rings. The van der Waals surface area contributed by atoms with Gasteiger partial charge in [-0.2, -0.15) is 5.10 Å². The van der Waals surface area contributed by atoms with E-state index in [4.69, 9.17) is 21.2 Å². The first-order valence-electron chi connectivity index (χ1n) is 8.27. The summed E-state index contributed by atoms with van der Waals surface area (Å²) < 4.78 is 7.78. The van der Waals surface area contributed by atoms with Crippen LogP contribution in [0.4, 0.5) is 0 Å². The van der Waals surface area contributed by atoms with Gasteiger partial charge < -0.3 is 9.57 Å². The number of aromatic nitrogens is 3. The maximum Gasteiger partial charge on any atom is 0.142 e. The van der Waals surface area contributed by atoms with Crippen molar-refractivity contribution in [2.45, 2.75) is 25.7 Å². The first-order chi connectivity index (χ1) is 12.7. The van der Waals surface area contributed by atoms with Crippen LogP contribution in [0.2, 0.25) is 5.02 Å². The Morgan fingerprint density at radius 1 is 1.19 bits per heavy atom. The predicted octanol–water partition coefficient (Wildman–Crippen LogP) is 3.87. The fraction of sp³-hybridized carbons (Fsp3) is 0.211. The number of benzene rings is 2. The predicted molar refractivity (Wildman–Crippen MR) is 98.4 cm³/mol. The van der Waals surface area contributed by atoms with Gasteiger partial charge in [-0.3, -0.25) is 0 Å². The van der Waals surface area contributed by atoms with Gasteiger partial charge in [0.1, 0.15) is 42.9 Å². The molecular formula is C19H17ClN4O2. The van der Waals surface area contributed by atoms with Gasteiger partial charge in [-0.15, -0.1) is 0 Å². The zero-order valence-corrected chi connectivity index (χ0v) is 14.9. The van der Waals surface area contributed by atoms with Crippen LogP contribution in [0, 0.1) is 0 Å². The number of nitrogens with zero attached hydrogens (tertiary/aromatic N) is 4. The number of hydrogen-bond donors (Lipinski definition) is 0. The molecule has 4 rings (SSSR count). The number of rotatable bonds is 4. The lowest BCUT2D eigenvalue weighted by molar-refractivity contribution is 0.120. The van der Waals surface area contributed by atoms with Crippen molar-refractivity contribution in [1.29, 1.82) is 0 Å². The largest absolute Gasteiger partial charge is 0.487 e. The summed E-state index contributed by atoms with van der Waals surface area (Å²) in [6.07, 6.45) is 3.00. The Labute approximate surface area is 156 Å². The highest BCUT2D eigenvalue weighted by Gasteiger charge is 2.35. The van der Waals surface area contributed by atoms with Gasteiger partial charge in [0.2, 0.25) is 0 Å².